The van der Waals surface area contributed by atoms with Gasteiger partial charge in [0.2, 0.25) is 5.78 Å². The number of H-pyrrole nitrogens is 3. The molecule has 0 unspecified atom stereocenters. The van der Waals surface area contributed by atoms with Crippen molar-refractivity contribution in [2.75, 3.05) is 102 Å². The van der Waals surface area contributed by atoms with Crippen LogP contribution in [0.5, 0.6) is 28.7 Å². The largest absolute Gasteiger partial charge is 1.00 e. The Hall–Kier alpha value is -11.1. The van der Waals surface area contributed by atoms with Crippen LogP contribution >= 0.6 is 28.7 Å². The number of nitro benzene ring substituents is 2. The van der Waals surface area contributed by atoms with E-state index in [2.05, 4.69) is 69.8 Å². The molecule has 40 heteroatoms. The molecule has 0 bridgehead atoms. The Kier molecular flexibility index (Phi) is 64.7. The van der Waals surface area contributed by atoms with Gasteiger partial charge in [0.25, 0.3) is 0 Å². The number of aromatic nitrogens is 3. The first-order chi connectivity index (χ1) is 57.5. The molecule has 0 saturated carbocycles. The number of ketones is 1. The number of aryl methyl sites for hydroxylation is 1. The molecule has 1 fully saturated rings. The topological polar surface area (TPSA) is 456 Å². The van der Waals surface area contributed by atoms with Crippen molar-refractivity contribution in [1.82, 2.24) is 15.0 Å². The Bertz CT molecular complexity index is 4890. The second-order valence-corrected chi connectivity index (χ2v) is 24.3. The monoisotopic (exact) mass is 1840 g/mol. The number of hydrogen-bond acceptors (Lipinski definition) is 29. The Balaban J connectivity index is -0.000000444. The predicted molar refractivity (Wildman–Crippen MR) is 478 cm³/mol. The normalized spacial score (nSPS) is 9.98. The molecule has 1 aliphatic rings. The first-order valence-corrected chi connectivity index (χ1v) is 38.1. The summed E-state index contributed by atoms with van der Waals surface area (Å²) in [6.07, 6.45) is 2.16. The summed E-state index contributed by atoms with van der Waals surface area (Å²) in [6, 6.07) is 38.8. The summed E-state index contributed by atoms with van der Waals surface area (Å²) in [5.41, 5.74) is 5.64. The van der Waals surface area contributed by atoms with Crippen LogP contribution in [0.3, 0.4) is 0 Å². The molecule has 0 spiro atoms. The van der Waals surface area contributed by atoms with Crippen molar-refractivity contribution in [3.63, 3.8) is 0 Å². The van der Waals surface area contributed by atoms with Gasteiger partial charge in [0.15, 0.2) is 11.5 Å². The van der Waals surface area contributed by atoms with Crippen molar-refractivity contribution >= 4 is 135 Å². The van der Waals surface area contributed by atoms with Crippen molar-refractivity contribution in [2.24, 2.45) is 4.30 Å². The maximum absolute atomic E-state index is 13.2. The van der Waals surface area contributed by atoms with Gasteiger partial charge in [-0.2, -0.15) is 0 Å². The van der Waals surface area contributed by atoms with E-state index >= 15 is 0 Å². The van der Waals surface area contributed by atoms with E-state index in [4.69, 9.17) is 57.4 Å². The fourth-order valence-corrected chi connectivity index (χ4v) is 10.8. The predicted octanol–water partition coefficient (Wildman–Crippen LogP) is 13.4. The molecular formula is C85H113B2BrF2N6NaO27S. The molecule has 10 aromatic rings. The van der Waals surface area contributed by atoms with Gasteiger partial charge in [0.05, 0.1) is 106 Å². The third kappa shape index (κ3) is 40.2. The van der Waals surface area contributed by atoms with E-state index in [9.17, 15) is 62.6 Å². The number of fused-ring (bicyclic) bond motifs is 3. The minimum Gasteiger partial charge on any atom is -0.870 e. The zero-order chi connectivity index (χ0) is 89.8. The van der Waals surface area contributed by atoms with E-state index in [0.717, 1.165) is 59.2 Å². The standard InChI is InChI=1S/C18H16FNO3.C12H12BrNO3.C12H13NO6.C12H13NO3.C8H9NO3.C6H6BFO2.C6H10O4.C4H8O.C4H10O.3CH4.BHNS.Na.H2O.H2/c1-3-23-18(21)17-15(11-7-9-12(19)10-8-11)13-5-4-6-14(22-2)16(13)20-17;1-3-17-12(15)11-9(13)7-5-4-6-8(16-2)10(7)14-11;1-3-19-12(15)9(14)7-8-5-4-6-10(18-2)11(8)13(16)17;1-3-16-12(14)9-7-8-5-4-6-10(15-2)11(8)13-9;1-6-4-3-5-7(12-2)8(6)9(10)11;8-6-3-1-5(2-4-6)7(9)10;1-3-9-5(7)6(8)10-4-2;1-2-4-5-3-1;1-3-5-4-2;;;;1-2-3;;;/h4-10,20H,3H2,1-2H3;4-6,14H,3H2,1-2H3;4-6H,3,7H2,1-2H3;4-7,13H,3H2,1-2H3;3-5H,1-2H3;1-4,9-10H;3-4H2,1-2H3;1-4H2;3-4H2,1-2H3;3*1H4;3H;;1H2;1H/q;;;;;;;;;;;;;+1;;/p-1. The van der Waals surface area contributed by atoms with Gasteiger partial charge in [-0.1, -0.05) is 107 Å². The molecular weight excluding hydrogens is 1730 g/mol. The second-order valence-electron chi connectivity index (χ2n) is 23.2. The van der Waals surface area contributed by atoms with Gasteiger partial charge < -0.3 is 92.1 Å². The van der Waals surface area contributed by atoms with Gasteiger partial charge in [-0.05, 0) is 163 Å². The van der Waals surface area contributed by atoms with Gasteiger partial charge in [-0.3, -0.25) is 25.0 Å². The van der Waals surface area contributed by atoms with Crippen molar-refractivity contribution in [3.05, 3.63) is 210 Å². The van der Waals surface area contributed by atoms with Crippen molar-refractivity contribution < 1.29 is 160 Å². The van der Waals surface area contributed by atoms with Crippen LogP contribution in [0.1, 0.15) is 135 Å². The Morgan fingerprint density at radius 1 is 0.528 bits per heavy atom. The number of halogens is 3. The van der Waals surface area contributed by atoms with Crippen LogP contribution in [-0.2, 0) is 63.5 Å². The quantitative estimate of drug-likeness (QED) is 0.00659. The SMILES string of the molecule is C.C.C.C1CCOC1.CCOC(=O)C(=O)Cc1cccc(OC)c1[N+](=O)[O-].CCOC(=O)C(=O)OCC.CCOC(=O)c1[nH]c2c(OC)cccc2c1-c1ccc(F)cc1.CCOC(=O)c1[nH]c2c(OC)cccc2c1Br.CCOC(=O)c1cc2cccc(OC)c2[nH]1.CCOCC.COc1cccc(C)c1[N+](=O)[O-].OB(O)c1ccc(F)cc1.[B]=NS.[HH].[Na+].[OH-]. The molecule has 3 aromatic heterocycles. The van der Waals surface area contributed by atoms with E-state index in [1.807, 2.05) is 68.4 Å². The van der Waals surface area contributed by atoms with Crippen molar-refractivity contribution in [3.8, 4) is 39.9 Å². The van der Waals surface area contributed by atoms with E-state index in [0.29, 0.717) is 79.9 Å². The van der Waals surface area contributed by atoms with E-state index in [1.165, 1.54) is 81.7 Å². The number of esters is 6. The number of ether oxygens (including phenoxy) is 13. The van der Waals surface area contributed by atoms with Crippen LogP contribution in [0.25, 0.3) is 43.8 Å². The molecule has 1 aliphatic heterocycles. The van der Waals surface area contributed by atoms with E-state index in [-0.39, 0.29) is 131 Å². The van der Waals surface area contributed by atoms with Gasteiger partial charge in [0.1, 0.15) is 46.0 Å². The fourth-order valence-electron chi connectivity index (χ4n) is 10.2. The van der Waals surface area contributed by atoms with E-state index in [1.54, 1.807) is 106 Å². The number of benzene rings is 7. The molecule has 6 N–H and O–H groups in total. The molecule has 7 aromatic carbocycles. The molecule has 1 saturated heterocycles. The number of Topliss-reactive ketones (excluding diaryl/α,β-unsaturated/α-hetero) is 1. The number of nitrogens with one attached hydrogen (secondary N) is 3. The number of para-hydroxylation sites is 5. The van der Waals surface area contributed by atoms with Gasteiger partial charge >= 0.3 is 109 Å². The fraction of sp³-hybridized carbons (Fsp3) is 0.353. The third-order valence-electron chi connectivity index (χ3n) is 15.5. The zero-order valence-corrected chi connectivity index (χ0v) is 74.7. The maximum atomic E-state index is 13.2. The summed E-state index contributed by atoms with van der Waals surface area (Å²) in [5.74, 6) is -3.20. The number of carbonyl (C=O) groups excluding carboxylic acids is 7. The van der Waals surface area contributed by atoms with Gasteiger partial charge in [0, 0.05) is 67.1 Å². The number of nitro groups is 2. The Morgan fingerprint density at radius 3 is 1.33 bits per heavy atom. The summed E-state index contributed by atoms with van der Waals surface area (Å²) >= 11 is 6.59. The molecule has 0 amide bonds. The van der Waals surface area contributed by atoms with Crippen LogP contribution in [0, 0.1) is 38.8 Å². The number of thiol groups is 1. The van der Waals surface area contributed by atoms with Crippen LogP contribution < -0.4 is 58.7 Å². The summed E-state index contributed by atoms with van der Waals surface area (Å²) in [4.78, 5) is 109. The summed E-state index contributed by atoms with van der Waals surface area (Å²) in [7, 11) is 10.3. The van der Waals surface area contributed by atoms with E-state index < -0.39 is 53.0 Å². The van der Waals surface area contributed by atoms with Crippen LogP contribution in [0.4, 0.5) is 20.2 Å². The van der Waals surface area contributed by atoms with Crippen molar-refractivity contribution in [1.29, 1.82) is 0 Å². The summed E-state index contributed by atoms with van der Waals surface area (Å²) in [6.45, 7) is 20.9. The molecule has 1 radical (unpaired) electrons. The number of hydrogen-bond donors (Lipinski definition) is 6. The molecule has 0 aliphatic carbocycles. The summed E-state index contributed by atoms with van der Waals surface area (Å²) < 4.78 is 92.3. The molecule has 125 heavy (non-hydrogen) atoms. The Labute approximate surface area is 764 Å². The molecule has 33 nitrogen and oxygen atoms in total. The third-order valence-corrected chi connectivity index (χ3v) is 16.3. The number of aromatic amines is 3. The average molecular weight is 1850 g/mol. The smallest absolute Gasteiger partial charge is 0.870 e. The second kappa shape index (κ2) is 67.3. The first-order valence-electron chi connectivity index (χ1n) is 36.9. The first kappa shape index (κ1) is 120. The number of nitrogens with zero attached hydrogens (tertiary/aromatic N) is 3. The number of rotatable bonds is 23. The summed E-state index contributed by atoms with van der Waals surface area (Å²) in [5, 5.41) is 41.2. The molecule has 0 atom stereocenters. The minimum atomic E-state index is -1.51. The van der Waals surface area contributed by atoms with Crippen LogP contribution in [-0.4, -0.2) is 198 Å². The average Bonchev–Trinajstić information content (AvgIpc) is 1.61. The zero-order valence-electron chi connectivity index (χ0n) is 70.3. The van der Waals surface area contributed by atoms with Crippen LogP contribution in [0.15, 0.2) is 154 Å². The molecule has 679 valence electrons. The number of carbonyl (C=O) groups is 7. The Morgan fingerprint density at radius 2 is 0.912 bits per heavy atom. The maximum Gasteiger partial charge on any atom is 1.00 e. The number of methoxy groups -OCH3 is 5. The minimum absolute atomic E-state index is 0. The molecule has 4 heterocycles. The molecule has 11 rings (SSSR count). The van der Waals surface area contributed by atoms with Crippen molar-refractivity contribution in [2.45, 2.75) is 104 Å². The van der Waals surface area contributed by atoms with Crippen LogP contribution in [0.2, 0.25) is 0 Å². The van der Waals surface area contributed by atoms with Gasteiger partial charge in [-0.25, -0.2) is 37.5 Å². The van der Waals surface area contributed by atoms with Gasteiger partial charge in [-0.15, -0.1) is 0 Å².